The molecule has 1 saturated carbocycles. The summed E-state index contributed by atoms with van der Waals surface area (Å²) >= 11 is 12.6. The number of rotatable bonds is 9. The van der Waals surface area contributed by atoms with Crippen LogP contribution in [0.2, 0.25) is 10.0 Å². The molecule has 2 amide bonds. The van der Waals surface area contributed by atoms with Crippen LogP contribution in [0.15, 0.2) is 71.6 Å². The SMILES string of the molecule is CCOc1ccc(S(=O)(=O)N2CCCCC2)cc1C1(C(=O)N2CCN(C(=O)C3CC3)CC2)NC(c2ccc(Cl)cc2)C(c2ccc(Cl)cc2)N1. The van der Waals surface area contributed by atoms with Gasteiger partial charge in [0.15, 0.2) is 5.66 Å². The molecule has 10 nitrogen and oxygen atoms in total. The fourth-order valence-corrected chi connectivity index (χ4v) is 9.21. The summed E-state index contributed by atoms with van der Waals surface area (Å²) in [7, 11) is -3.86. The van der Waals surface area contributed by atoms with Crippen molar-refractivity contribution in [2.24, 2.45) is 5.92 Å². The number of carbonyl (C=O) groups excluding carboxylic acids is 2. The zero-order chi connectivity index (χ0) is 35.0. The second kappa shape index (κ2) is 14.4. The molecule has 2 N–H and O–H groups in total. The summed E-state index contributed by atoms with van der Waals surface area (Å²) in [6.45, 7) is 4.61. The van der Waals surface area contributed by atoms with Gasteiger partial charge in [-0.05, 0) is 86.2 Å². The zero-order valence-electron chi connectivity index (χ0n) is 28.1. The fraction of sp³-hybridized carbons (Fsp3) is 0.459. The smallest absolute Gasteiger partial charge is 0.262 e. The maximum absolute atomic E-state index is 15.3. The quantitative estimate of drug-likeness (QED) is 0.299. The molecule has 50 heavy (non-hydrogen) atoms. The number of nitrogens with zero attached hydrogens (tertiary/aromatic N) is 3. The molecule has 266 valence electrons. The molecular formula is C37H43Cl2N5O5S. The van der Waals surface area contributed by atoms with E-state index in [1.165, 1.54) is 4.31 Å². The van der Waals surface area contributed by atoms with Crippen LogP contribution in [-0.4, -0.2) is 80.2 Å². The number of piperidine rings is 1. The topological polar surface area (TPSA) is 111 Å². The highest BCUT2D eigenvalue weighted by molar-refractivity contribution is 7.89. The third kappa shape index (κ3) is 6.88. The Labute approximate surface area is 304 Å². The second-order valence-corrected chi connectivity index (χ2v) is 16.4. The summed E-state index contributed by atoms with van der Waals surface area (Å²) in [6.07, 6.45) is 4.43. The van der Waals surface area contributed by atoms with Crippen LogP contribution < -0.4 is 15.4 Å². The van der Waals surface area contributed by atoms with E-state index in [0.717, 1.165) is 43.2 Å². The Balaban J connectivity index is 1.35. The molecule has 2 atom stereocenters. The van der Waals surface area contributed by atoms with Crippen LogP contribution >= 0.6 is 23.2 Å². The molecule has 0 radical (unpaired) electrons. The molecule has 4 fully saturated rings. The Morgan fingerprint density at radius 2 is 1.32 bits per heavy atom. The molecular weight excluding hydrogens is 697 g/mol. The average molecular weight is 741 g/mol. The number of hydrogen-bond donors (Lipinski definition) is 2. The Bertz CT molecular complexity index is 1770. The van der Waals surface area contributed by atoms with Crippen LogP contribution in [0.25, 0.3) is 0 Å². The van der Waals surface area contributed by atoms with Crippen molar-refractivity contribution in [2.75, 3.05) is 45.9 Å². The molecule has 3 aliphatic heterocycles. The van der Waals surface area contributed by atoms with E-state index in [4.69, 9.17) is 27.9 Å². The van der Waals surface area contributed by atoms with Gasteiger partial charge in [0.2, 0.25) is 15.9 Å². The standard InChI is InChI=1S/C37H43Cl2N5O5S/c1-2-49-32-17-16-30(50(47,48)44-18-4-3-5-19-44)24-31(32)37(36(46)43-22-20-42(21-23-43)35(45)27-6-7-27)40-33(25-8-12-28(38)13-9-25)34(41-37)26-10-14-29(39)15-11-26/h8-17,24,27,33-34,40-41H,2-7,18-23H2,1H3. The van der Waals surface area contributed by atoms with Crippen molar-refractivity contribution in [2.45, 2.75) is 61.7 Å². The largest absolute Gasteiger partial charge is 0.493 e. The van der Waals surface area contributed by atoms with E-state index in [-0.39, 0.29) is 22.6 Å². The van der Waals surface area contributed by atoms with Gasteiger partial charge in [-0.15, -0.1) is 0 Å². The molecule has 7 rings (SSSR count). The molecule has 4 aliphatic rings. The first kappa shape index (κ1) is 35.2. The lowest BCUT2D eigenvalue weighted by Gasteiger charge is -2.41. The Morgan fingerprint density at radius 1 is 0.780 bits per heavy atom. The summed E-state index contributed by atoms with van der Waals surface area (Å²) in [5, 5.41) is 8.54. The molecule has 2 unspecified atom stereocenters. The number of hydrogen-bond acceptors (Lipinski definition) is 7. The lowest BCUT2D eigenvalue weighted by atomic mass is 9.95. The van der Waals surface area contributed by atoms with Gasteiger partial charge in [0, 0.05) is 60.8 Å². The highest BCUT2D eigenvalue weighted by Crippen LogP contribution is 2.45. The third-order valence-corrected chi connectivity index (χ3v) is 12.7. The number of halogens is 2. The van der Waals surface area contributed by atoms with Crippen LogP contribution in [-0.2, 0) is 25.3 Å². The van der Waals surface area contributed by atoms with Crippen molar-refractivity contribution in [3.63, 3.8) is 0 Å². The van der Waals surface area contributed by atoms with E-state index in [9.17, 15) is 13.2 Å². The van der Waals surface area contributed by atoms with Gasteiger partial charge in [-0.25, -0.2) is 8.42 Å². The van der Waals surface area contributed by atoms with Crippen LogP contribution in [0.3, 0.4) is 0 Å². The van der Waals surface area contributed by atoms with Crippen LogP contribution in [0.1, 0.15) is 67.8 Å². The van der Waals surface area contributed by atoms with E-state index >= 15 is 4.79 Å². The maximum atomic E-state index is 15.3. The summed E-state index contributed by atoms with van der Waals surface area (Å²) in [4.78, 5) is 31.9. The zero-order valence-corrected chi connectivity index (χ0v) is 30.4. The molecule has 3 aromatic rings. The Morgan fingerprint density at radius 3 is 1.84 bits per heavy atom. The molecule has 3 aromatic carbocycles. The van der Waals surface area contributed by atoms with Crippen molar-refractivity contribution >= 4 is 45.0 Å². The van der Waals surface area contributed by atoms with E-state index in [0.29, 0.717) is 67.2 Å². The van der Waals surface area contributed by atoms with Gasteiger partial charge in [-0.2, -0.15) is 4.31 Å². The number of piperazine rings is 1. The van der Waals surface area contributed by atoms with Crippen molar-refractivity contribution in [3.05, 3.63) is 93.5 Å². The molecule has 1 aliphatic carbocycles. The minimum absolute atomic E-state index is 0.0976. The third-order valence-electron chi connectivity index (χ3n) is 10.3. The number of benzene rings is 3. The van der Waals surface area contributed by atoms with Crippen LogP contribution in [0.5, 0.6) is 5.75 Å². The number of nitrogens with one attached hydrogen (secondary N) is 2. The predicted molar refractivity (Wildman–Crippen MR) is 192 cm³/mol. The molecule has 3 heterocycles. The van der Waals surface area contributed by atoms with Crippen molar-refractivity contribution in [3.8, 4) is 5.75 Å². The van der Waals surface area contributed by atoms with E-state index in [1.54, 1.807) is 23.1 Å². The summed E-state index contributed by atoms with van der Waals surface area (Å²) in [5.41, 5.74) is 0.530. The second-order valence-electron chi connectivity index (χ2n) is 13.5. The highest BCUT2D eigenvalue weighted by atomic mass is 35.5. The monoisotopic (exact) mass is 739 g/mol. The van der Waals surface area contributed by atoms with Gasteiger partial charge >= 0.3 is 0 Å². The number of amides is 2. The maximum Gasteiger partial charge on any atom is 0.262 e. The van der Waals surface area contributed by atoms with E-state index in [2.05, 4.69) is 10.6 Å². The van der Waals surface area contributed by atoms with Crippen LogP contribution in [0, 0.1) is 5.92 Å². The van der Waals surface area contributed by atoms with Gasteiger partial charge in [-0.1, -0.05) is 53.9 Å². The number of ether oxygens (including phenoxy) is 1. The van der Waals surface area contributed by atoms with Gasteiger partial charge in [-0.3, -0.25) is 20.2 Å². The van der Waals surface area contributed by atoms with E-state index in [1.807, 2.05) is 60.4 Å². The highest BCUT2D eigenvalue weighted by Gasteiger charge is 2.55. The van der Waals surface area contributed by atoms with Crippen molar-refractivity contribution < 1.29 is 22.7 Å². The predicted octanol–water partition coefficient (Wildman–Crippen LogP) is 5.48. The Kier molecular flexibility index (Phi) is 10.2. The minimum atomic E-state index is -3.86. The summed E-state index contributed by atoms with van der Waals surface area (Å²) in [6, 6.07) is 18.9. The lowest BCUT2D eigenvalue weighted by Crippen LogP contribution is -2.62. The van der Waals surface area contributed by atoms with Gasteiger partial charge < -0.3 is 14.5 Å². The normalized spacial score (nSPS) is 24.7. The number of carbonyl (C=O) groups is 2. The first-order valence-electron chi connectivity index (χ1n) is 17.5. The van der Waals surface area contributed by atoms with Crippen molar-refractivity contribution in [1.29, 1.82) is 0 Å². The van der Waals surface area contributed by atoms with Gasteiger partial charge in [0.1, 0.15) is 5.75 Å². The van der Waals surface area contributed by atoms with Gasteiger partial charge in [0.25, 0.3) is 5.91 Å². The molecule has 13 heteroatoms. The molecule has 0 bridgehead atoms. The van der Waals surface area contributed by atoms with Gasteiger partial charge in [0.05, 0.1) is 23.6 Å². The first-order valence-corrected chi connectivity index (χ1v) is 19.7. The Hall–Kier alpha value is -3.19. The summed E-state index contributed by atoms with van der Waals surface area (Å²) < 4.78 is 35.9. The first-order chi connectivity index (χ1) is 24.1. The average Bonchev–Trinajstić information content (AvgIpc) is 3.92. The molecule has 0 aromatic heterocycles. The summed E-state index contributed by atoms with van der Waals surface area (Å²) in [5.74, 6) is 0.372. The minimum Gasteiger partial charge on any atom is -0.493 e. The van der Waals surface area contributed by atoms with E-state index < -0.39 is 27.8 Å². The molecule has 0 spiro atoms. The number of sulfonamides is 1. The van der Waals surface area contributed by atoms with Crippen LogP contribution in [0.4, 0.5) is 0 Å². The lowest BCUT2D eigenvalue weighted by molar-refractivity contribution is -0.145. The van der Waals surface area contributed by atoms with Crippen molar-refractivity contribution in [1.82, 2.24) is 24.7 Å². The fourth-order valence-electron chi connectivity index (χ4n) is 7.41. The molecule has 3 saturated heterocycles.